The summed E-state index contributed by atoms with van der Waals surface area (Å²) in [5.41, 5.74) is 4.36. The molecular weight excluding hydrogens is 372 g/mol. The third-order valence-electron chi connectivity index (χ3n) is 4.83. The standard InChI is InChI=1S/C24H24N6/c1-30(16-11-19-7-12-25-13-8-19)24-28-22(21-5-3-2-4-6-21)17-23(29-24)27-18-20-9-14-26-15-10-20/h2-10,12-15,17H,11,16,18H2,1H3,(H,27,28,29). The second-order valence-electron chi connectivity index (χ2n) is 7.04. The summed E-state index contributed by atoms with van der Waals surface area (Å²) in [6.45, 7) is 1.49. The van der Waals surface area contributed by atoms with Gasteiger partial charge in [0.1, 0.15) is 5.82 Å². The molecule has 0 saturated carbocycles. The van der Waals surface area contributed by atoms with Crippen molar-refractivity contribution in [2.75, 3.05) is 23.8 Å². The Kier molecular flexibility index (Phi) is 6.25. The Balaban J connectivity index is 1.56. The Bertz CT molecular complexity index is 1050. The van der Waals surface area contributed by atoms with Crippen molar-refractivity contribution < 1.29 is 0 Å². The van der Waals surface area contributed by atoms with Crippen LogP contribution in [0.3, 0.4) is 0 Å². The van der Waals surface area contributed by atoms with Crippen LogP contribution in [0.25, 0.3) is 11.3 Å². The summed E-state index contributed by atoms with van der Waals surface area (Å²) in [5.74, 6) is 1.49. The van der Waals surface area contributed by atoms with E-state index in [1.54, 1.807) is 12.4 Å². The lowest BCUT2D eigenvalue weighted by molar-refractivity contribution is 0.837. The molecule has 1 N–H and O–H groups in total. The molecule has 6 heteroatoms. The molecule has 30 heavy (non-hydrogen) atoms. The van der Waals surface area contributed by atoms with Gasteiger partial charge in [-0.05, 0) is 41.8 Å². The molecule has 3 aromatic heterocycles. The third-order valence-corrected chi connectivity index (χ3v) is 4.83. The van der Waals surface area contributed by atoms with E-state index in [1.165, 1.54) is 5.56 Å². The number of hydrogen-bond acceptors (Lipinski definition) is 6. The van der Waals surface area contributed by atoms with Crippen molar-refractivity contribution >= 4 is 11.8 Å². The zero-order valence-corrected chi connectivity index (χ0v) is 16.9. The van der Waals surface area contributed by atoms with Gasteiger partial charge in [0.2, 0.25) is 5.95 Å². The summed E-state index contributed by atoms with van der Waals surface area (Å²) >= 11 is 0. The van der Waals surface area contributed by atoms with E-state index in [0.717, 1.165) is 35.6 Å². The van der Waals surface area contributed by atoms with Crippen molar-refractivity contribution in [3.05, 3.63) is 96.6 Å². The summed E-state index contributed by atoms with van der Waals surface area (Å²) in [4.78, 5) is 19.8. The quantitative estimate of drug-likeness (QED) is 0.481. The number of nitrogens with one attached hydrogen (secondary N) is 1. The molecule has 6 nitrogen and oxygen atoms in total. The lowest BCUT2D eigenvalue weighted by Gasteiger charge is -2.19. The lowest BCUT2D eigenvalue weighted by atomic mass is 10.1. The molecule has 1 aromatic carbocycles. The van der Waals surface area contributed by atoms with Gasteiger partial charge < -0.3 is 10.2 Å². The number of aromatic nitrogens is 4. The summed E-state index contributed by atoms with van der Waals surface area (Å²) in [7, 11) is 2.03. The van der Waals surface area contributed by atoms with E-state index in [0.29, 0.717) is 12.5 Å². The first kappa shape index (κ1) is 19.5. The molecule has 0 amide bonds. The van der Waals surface area contributed by atoms with E-state index >= 15 is 0 Å². The maximum absolute atomic E-state index is 4.82. The summed E-state index contributed by atoms with van der Waals surface area (Å²) in [5, 5.41) is 3.43. The number of anilines is 2. The molecule has 0 aliphatic carbocycles. The molecule has 0 spiro atoms. The monoisotopic (exact) mass is 396 g/mol. The first-order valence-electron chi connectivity index (χ1n) is 9.95. The highest BCUT2D eigenvalue weighted by atomic mass is 15.2. The van der Waals surface area contributed by atoms with Crippen LogP contribution < -0.4 is 10.2 Å². The second-order valence-corrected chi connectivity index (χ2v) is 7.04. The van der Waals surface area contributed by atoms with Crippen LogP contribution >= 0.6 is 0 Å². The van der Waals surface area contributed by atoms with Gasteiger partial charge in [-0.2, -0.15) is 4.98 Å². The number of hydrogen-bond donors (Lipinski definition) is 1. The SMILES string of the molecule is CN(CCc1ccncc1)c1nc(NCc2ccncc2)cc(-c2ccccc2)n1. The van der Waals surface area contributed by atoms with Gasteiger partial charge in [-0.1, -0.05) is 30.3 Å². The van der Waals surface area contributed by atoms with Crippen LogP contribution in [0, 0.1) is 0 Å². The normalized spacial score (nSPS) is 10.6. The molecule has 0 saturated heterocycles. The number of likely N-dealkylation sites (N-methyl/N-ethyl adjacent to an activating group) is 1. The highest BCUT2D eigenvalue weighted by molar-refractivity contribution is 5.64. The van der Waals surface area contributed by atoms with Gasteiger partial charge in [-0.25, -0.2) is 4.98 Å². The molecule has 3 heterocycles. The van der Waals surface area contributed by atoms with E-state index in [4.69, 9.17) is 9.97 Å². The number of rotatable bonds is 8. The summed E-state index contributed by atoms with van der Waals surface area (Å²) in [6, 6.07) is 20.2. The molecule has 150 valence electrons. The van der Waals surface area contributed by atoms with Crippen LogP contribution in [0.15, 0.2) is 85.5 Å². The lowest BCUT2D eigenvalue weighted by Crippen LogP contribution is -2.23. The van der Waals surface area contributed by atoms with Crippen LogP contribution in [-0.2, 0) is 13.0 Å². The molecule has 0 aliphatic rings. The zero-order chi connectivity index (χ0) is 20.6. The number of pyridine rings is 2. The maximum atomic E-state index is 4.82. The summed E-state index contributed by atoms with van der Waals surface area (Å²) < 4.78 is 0. The Morgan fingerprint density at radius 3 is 2.17 bits per heavy atom. The van der Waals surface area contributed by atoms with E-state index in [-0.39, 0.29) is 0 Å². The summed E-state index contributed by atoms with van der Waals surface area (Å²) in [6.07, 6.45) is 8.14. The van der Waals surface area contributed by atoms with Gasteiger partial charge in [0.25, 0.3) is 0 Å². The van der Waals surface area contributed by atoms with Crippen molar-refractivity contribution in [2.45, 2.75) is 13.0 Å². The van der Waals surface area contributed by atoms with E-state index in [2.05, 4.69) is 32.3 Å². The molecule has 0 aliphatic heterocycles. The predicted molar refractivity (Wildman–Crippen MR) is 120 cm³/mol. The van der Waals surface area contributed by atoms with Gasteiger partial charge in [-0.3, -0.25) is 9.97 Å². The average Bonchev–Trinajstić information content (AvgIpc) is 2.83. The van der Waals surface area contributed by atoms with Gasteiger partial charge in [0.05, 0.1) is 5.69 Å². The van der Waals surface area contributed by atoms with Crippen molar-refractivity contribution in [2.24, 2.45) is 0 Å². The van der Waals surface area contributed by atoms with Gasteiger partial charge >= 0.3 is 0 Å². The van der Waals surface area contributed by atoms with E-state index < -0.39 is 0 Å². The minimum absolute atomic E-state index is 0.675. The topological polar surface area (TPSA) is 66.8 Å². The minimum atomic E-state index is 0.675. The minimum Gasteiger partial charge on any atom is -0.366 e. The second kappa shape index (κ2) is 9.60. The van der Waals surface area contributed by atoms with Gasteiger partial charge in [-0.15, -0.1) is 0 Å². The average molecular weight is 396 g/mol. The molecule has 4 rings (SSSR count). The maximum Gasteiger partial charge on any atom is 0.227 e. The predicted octanol–water partition coefficient (Wildman–Crippen LogP) is 4.22. The van der Waals surface area contributed by atoms with Gasteiger partial charge in [0, 0.05) is 56.6 Å². The smallest absolute Gasteiger partial charge is 0.227 e. The molecule has 0 fully saturated rings. The van der Waals surface area contributed by atoms with E-state index in [9.17, 15) is 0 Å². The van der Waals surface area contributed by atoms with Crippen molar-refractivity contribution in [1.29, 1.82) is 0 Å². The Labute approximate surface area is 176 Å². The fourth-order valence-electron chi connectivity index (χ4n) is 3.09. The molecule has 0 unspecified atom stereocenters. The highest BCUT2D eigenvalue weighted by Crippen LogP contribution is 2.23. The zero-order valence-electron chi connectivity index (χ0n) is 16.9. The molecule has 0 atom stereocenters. The molecule has 0 bridgehead atoms. The number of benzene rings is 1. The molecule has 0 radical (unpaired) electrons. The first-order valence-corrected chi connectivity index (χ1v) is 9.95. The molecular formula is C24H24N6. The Morgan fingerprint density at radius 1 is 0.800 bits per heavy atom. The number of nitrogens with zero attached hydrogens (tertiary/aromatic N) is 5. The van der Waals surface area contributed by atoms with Crippen molar-refractivity contribution in [3.8, 4) is 11.3 Å². The van der Waals surface area contributed by atoms with Crippen LogP contribution in [0.1, 0.15) is 11.1 Å². The molecule has 4 aromatic rings. The van der Waals surface area contributed by atoms with Crippen molar-refractivity contribution in [3.63, 3.8) is 0 Å². The van der Waals surface area contributed by atoms with Crippen LogP contribution in [0.4, 0.5) is 11.8 Å². The van der Waals surface area contributed by atoms with Gasteiger partial charge in [0.15, 0.2) is 0 Å². The largest absolute Gasteiger partial charge is 0.366 e. The Morgan fingerprint density at radius 2 is 1.47 bits per heavy atom. The first-order chi connectivity index (χ1) is 14.8. The van der Waals surface area contributed by atoms with E-state index in [1.807, 2.05) is 68.0 Å². The Hall–Kier alpha value is -3.80. The van der Waals surface area contributed by atoms with Crippen LogP contribution in [-0.4, -0.2) is 33.5 Å². The fourth-order valence-corrected chi connectivity index (χ4v) is 3.09. The fraction of sp³-hybridized carbons (Fsp3) is 0.167. The highest BCUT2D eigenvalue weighted by Gasteiger charge is 2.11. The third kappa shape index (κ3) is 5.17. The van der Waals surface area contributed by atoms with Crippen LogP contribution in [0.2, 0.25) is 0 Å². The van der Waals surface area contributed by atoms with Crippen molar-refractivity contribution in [1.82, 2.24) is 19.9 Å². The van der Waals surface area contributed by atoms with Crippen LogP contribution in [0.5, 0.6) is 0 Å².